The number of hydrogen-bond donors (Lipinski definition) is 1. The fraction of sp³-hybridized carbons (Fsp3) is 0.417. The van der Waals surface area contributed by atoms with Gasteiger partial charge >= 0.3 is 0 Å². The van der Waals surface area contributed by atoms with Gasteiger partial charge in [-0.25, -0.2) is 4.98 Å². The van der Waals surface area contributed by atoms with Gasteiger partial charge < -0.3 is 10.2 Å². The lowest BCUT2D eigenvalue weighted by Gasteiger charge is -2.03. The second kappa shape index (κ2) is 4.95. The summed E-state index contributed by atoms with van der Waals surface area (Å²) in [7, 11) is 0. The third-order valence-electron chi connectivity index (χ3n) is 2.44. The van der Waals surface area contributed by atoms with Gasteiger partial charge in [0, 0.05) is 13.0 Å². The highest BCUT2D eigenvalue weighted by Gasteiger charge is 2.19. The van der Waals surface area contributed by atoms with Crippen molar-refractivity contribution in [2.24, 2.45) is 5.16 Å². The summed E-state index contributed by atoms with van der Waals surface area (Å²) in [5, 5.41) is 6.67. The summed E-state index contributed by atoms with van der Waals surface area (Å²) in [6, 6.07) is 5.33. The van der Waals surface area contributed by atoms with Crippen LogP contribution < -0.4 is 5.32 Å². The monoisotopic (exact) mass is 233 g/mol. The first-order chi connectivity index (χ1) is 8.20. The molecule has 0 saturated carbocycles. The standard InChI is InChI=1S/C12H15N3O2/c1-3-13-12(16)10-6-4-5-9(14-10)11-7-8(2)17-15-11/h4-6,8H,3,7H2,1-2H3,(H,13,16). The van der Waals surface area contributed by atoms with E-state index in [0.29, 0.717) is 17.9 Å². The molecule has 0 aliphatic carbocycles. The third kappa shape index (κ3) is 2.61. The molecular formula is C12H15N3O2. The molecule has 1 aromatic heterocycles. The number of aromatic nitrogens is 1. The van der Waals surface area contributed by atoms with Gasteiger partial charge in [-0.3, -0.25) is 4.79 Å². The number of nitrogens with zero attached hydrogens (tertiary/aromatic N) is 2. The van der Waals surface area contributed by atoms with Gasteiger partial charge in [0.2, 0.25) is 0 Å². The zero-order valence-corrected chi connectivity index (χ0v) is 9.93. The molecule has 0 aromatic carbocycles. The van der Waals surface area contributed by atoms with E-state index in [1.165, 1.54) is 0 Å². The molecule has 90 valence electrons. The van der Waals surface area contributed by atoms with Gasteiger partial charge in [0.05, 0.1) is 5.69 Å². The van der Waals surface area contributed by atoms with Crippen LogP contribution in [0, 0.1) is 0 Å². The molecule has 5 nitrogen and oxygen atoms in total. The molecular weight excluding hydrogens is 218 g/mol. The summed E-state index contributed by atoms with van der Waals surface area (Å²) in [6.07, 6.45) is 0.811. The number of amides is 1. The Morgan fingerprint density at radius 1 is 1.59 bits per heavy atom. The van der Waals surface area contributed by atoms with E-state index in [0.717, 1.165) is 12.1 Å². The van der Waals surface area contributed by atoms with Crippen molar-refractivity contribution in [1.29, 1.82) is 0 Å². The van der Waals surface area contributed by atoms with Crippen LogP contribution in [0.25, 0.3) is 0 Å². The lowest BCUT2D eigenvalue weighted by atomic mass is 10.1. The number of oxime groups is 1. The third-order valence-corrected chi connectivity index (χ3v) is 2.44. The summed E-state index contributed by atoms with van der Waals surface area (Å²) in [4.78, 5) is 21.0. The fourth-order valence-corrected chi connectivity index (χ4v) is 1.62. The highest BCUT2D eigenvalue weighted by atomic mass is 16.6. The molecule has 1 N–H and O–H groups in total. The van der Waals surface area contributed by atoms with E-state index in [-0.39, 0.29) is 12.0 Å². The largest absolute Gasteiger partial charge is 0.392 e. The number of carbonyl (C=O) groups is 1. The van der Waals surface area contributed by atoms with Crippen LogP contribution in [0.1, 0.15) is 36.5 Å². The predicted molar refractivity (Wildman–Crippen MR) is 63.9 cm³/mol. The first-order valence-corrected chi connectivity index (χ1v) is 5.69. The van der Waals surface area contributed by atoms with Crippen LogP contribution in [-0.4, -0.2) is 29.3 Å². The van der Waals surface area contributed by atoms with Crippen LogP contribution in [0.2, 0.25) is 0 Å². The number of rotatable bonds is 3. The quantitative estimate of drug-likeness (QED) is 0.857. The Balaban J connectivity index is 2.20. The molecule has 1 aliphatic rings. The Kier molecular flexibility index (Phi) is 3.37. The first kappa shape index (κ1) is 11.6. The van der Waals surface area contributed by atoms with Crippen molar-refractivity contribution < 1.29 is 9.63 Å². The van der Waals surface area contributed by atoms with Crippen molar-refractivity contribution in [3.8, 4) is 0 Å². The molecule has 0 bridgehead atoms. The molecule has 2 heterocycles. The van der Waals surface area contributed by atoms with Crippen LogP contribution in [0.3, 0.4) is 0 Å². The number of hydrogen-bond acceptors (Lipinski definition) is 4. The SMILES string of the molecule is CCNC(=O)c1cccc(C2=NOC(C)C2)n1. The van der Waals surface area contributed by atoms with Crippen LogP contribution >= 0.6 is 0 Å². The van der Waals surface area contributed by atoms with Crippen LogP contribution in [0.15, 0.2) is 23.4 Å². The topological polar surface area (TPSA) is 63.6 Å². The van der Waals surface area contributed by atoms with E-state index in [9.17, 15) is 4.79 Å². The van der Waals surface area contributed by atoms with E-state index >= 15 is 0 Å². The summed E-state index contributed by atoms with van der Waals surface area (Å²) in [5.74, 6) is -0.165. The lowest BCUT2D eigenvalue weighted by Crippen LogP contribution is -2.24. The molecule has 17 heavy (non-hydrogen) atoms. The van der Waals surface area contributed by atoms with Crippen LogP contribution in [0.5, 0.6) is 0 Å². The van der Waals surface area contributed by atoms with Crippen molar-refractivity contribution in [3.63, 3.8) is 0 Å². The fourth-order valence-electron chi connectivity index (χ4n) is 1.62. The molecule has 1 atom stereocenters. The maximum absolute atomic E-state index is 11.6. The van der Waals surface area contributed by atoms with Crippen molar-refractivity contribution in [3.05, 3.63) is 29.6 Å². The Labute approximate surface area is 99.9 Å². The van der Waals surface area contributed by atoms with Crippen molar-refractivity contribution in [2.45, 2.75) is 26.4 Å². The van der Waals surface area contributed by atoms with Gasteiger partial charge in [0.1, 0.15) is 17.5 Å². The Bertz CT molecular complexity index is 457. The smallest absolute Gasteiger partial charge is 0.269 e. The maximum Gasteiger partial charge on any atom is 0.269 e. The minimum atomic E-state index is -0.165. The van der Waals surface area contributed by atoms with Gasteiger partial charge in [0.25, 0.3) is 5.91 Å². The highest BCUT2D eigenvalue weighted by Crippen LogP contribution is 2.14. The molecule has 1 aliphatic heterocycles. The second-order valence-corrected chi connectivity index (χ2v) is 3.93. The van der Waals surface area contributed by atoms with Crippen LogP contribution in [0.4, 0.5) is 0 Å². The van der Waals surface area contributed by atoms with Gasteiger partial charge in [0.15, 0.2) is 0 Å². The second-order valence-electron chi connectivity index (χ2n) is 3.93. The molecule has 1 aromatic rings. The first-order valence-electron chi connectivity index (χ1n) is 5.69. The average Bonchev–Trinajstić information content (AvgIpc) is 2.76. The maximum atomic E-state index is 11.6. The van der Waals surface area contributed by atoms with Gasteiger partial charge in [-0.2, -0.15) is 0 Å². The molecule has 5 heteroatoms. The molecule has 0 radical (unpaired) electrons. The highest BCUT2D eigenvalue weighted by molar-refractivity contribution is 6.01. The van der Waals surface area contributed by atoms with E-state index in [1.54, 1.807) is 12.1 Å². The summed E-state index contributed by atoms with van der Waals surface area (Å²) in [5.41, 5.74) is 1.91. The zero-order valence-electron chi connectivity index (χ0n) is 9.93. The molecule has 2 rings (SSSR count). The Morgan fingerprint density at radius 3 is 3.06 bits per heavy atom. The summed E-state index contributed by atoms with van der Waals surface area (Å²) in [6.45, 7) is 4.41. The number of carbonyl (C=O) groups excluding carboxylic acids is 1. The number of nitrogens with one attached hydrogen (secondary N) is 1. The Morgan fingerprint density at radius 2 is 2.41 bits per heavy atom. The minimum absolute atomic E-state index is 0.0833. The molecule has 0 saturated heterocycles. The number of pyridine rings is 1. The Hall–Kier alpha value is -1.91. The molecule has 1 amide bonds. The van der Waals surface area contributed by atoms with Crippen LogP contribution in [-0.2, 0) is 4.84 Å². The van der Waals surface area contributed by atoms with Crippen molar-refractivity contribution in [2.75, 3.05) is 6.54 Å². The summed E-state index contributed by atoms with van der Waals surface area (Å²) < 4.78 is 0. The minimum Gasteiger partial charge on any atom is -0.392 e. The molecule has 0 spiro atoms. The van der Waals surface area contributed by atoms with Crippen molar-refractivity contribution >= 4 is 11.6 Å². The molecule has 0 fully saturated rings. The van der Waals surface area contributed by atoms with E-state index in [1.807, 2.05) is 19.9 Å². The predicted octanol–water partition coefficient (Wildman–Crippen LogP) is 1.34. The molecule has 1 unspecified atom stereocenters. The lowest BCUT2D eigenvalue weighted by molar-refractivity contribution is 0.0950. The van der Waals surface area contributed by atoms with Gasteiger partial charge in [-0.1, -0.05) is 11.2 Å². The van der Waals surface area contributed by atoms with Gasteiger partial charge in [-0.05, 0) is 26.0 Å². The summed E-state index contributed by atoms with van der Waals surface area (Å²) >= 11 is 0. The normalized spacial score (nSPS) is 18.5. The van der Waals surface area contributed by atoms with Gasteiger partial charge in [-0.15, -0.1) is 0 Å². The zero-order chi connectivity index (χ0) is 12.3. The van der Waals surface area contributed by atoms with E-state index < -0.39 is 0 Å². The van der Waals surface area contributed by atoms with E-state index in [4.69, 9.17) is 4.84 Å². The van der Waals surface area contributed by atoms with Crippen molar-refractivity contribution in [1.82, 2.24) is 10.3 Å². The average molecular weight is 233 g/mol. The van der Waals surface area contributed by atoms with E-state index in [2.05, 4.69) is 15.5 Å².